The maximum absolute atomic E-state index is 12.4. The predicted molar refractivity (Wildman–Crippen MR) is 64.3 cm³/mol. The molecule has 8 heteroatoms. The number of aromatic nitrogens is 2. The summed E-state index contributed by atoms with van der Waals surface area (Å²) in [6, 6.07) is 6.30. The highest BCUT2D eigenvalue weighted by atomic mass is 19.4. The first kappa shape index (κ1) is 13.8. The third-order valence-electron chi connectivity index (χ3n) is 2.38. The molecule has 0 unspecified atom stereocenters. The van der Waals surface area contributed by atoms with E-state index in [1.165, 1.54) is 6.07 Å². The summed E-state index contributed by atoms with van der Waals surface area (Å²) in [7, 11) is 0. The number of rotatable bonds is 2. The summed E-state index contributed by atoms with van der Waals surface area (Å²) < 4.78 is 37.1. The van der Waals surface area contributed by atoms with E-state index in [0.717, 1.165) is 30.3 Å². The van der Waals surface area contributed by atoms with Crippen molar-refractivity contribution in [3.63, 3.8) is 0 Å². The summed E-state index contributed by atoms with van der Waals surface area (Å²) in [6.45, 7) is 0. The number of nitrogens with zero attached hydrogens (tertiary/aromatic N) is 1. The van der Waals surface area contributed by atoms with Crippen LogP contribution in [-0.2, 0) is 6.18 Å². The number of amides is 1. The highest BCUT2D eigenvalue weighted by Crippen LogP contribution is 2.29. The number of hydrogen-bond acceptors (Lipinski definition) is 3. The Labute approximate surface area is 110 Å². The van der Waals surface area contributed by atoms with Crippen molar-refractivity contribution < 1.29 is 18.0 Å². The van der Waals surface area contributed by atoms with E-state index in [1.54, 1.807) is 0 Å². The van der Waals surface area contributed by atoms with Crippen LogP contribution in [0.3, 0.4) is 0 Å². The molecule has 1 amide bonds. The summed E-state index contributed by atoms with van der Waals surface area (Å²) in [5.74, 6) is -0.638. The second kappa shape index (κ2) is 5.16. The van der Waals surface area contributed by atoms with Crippen LogP contribution >= 0.6 is 0 Å². The van der Waals surface area contributed by atoms with Crippen molar-refractivity contribution >= 4 is 11.6 Å². The van der Waals surface area contributed by atoms with E-state index in [9.17, 15) is 22.8 Å². The zero-order chi connectivity index (χ0) is 14.8. The predicted octanol–water partition coefficient (Wildman–Crippen LogP) is 2.04. The second-order valence-corrected chi connectivity index (χ2v) is 3.84. The van der Waals surface area contributed by atoms with Gasteiger partial charge in [-0.05, 0) is 30.3 Å². The van der Waals surface area contributed by atoms with Gasteiger partial charge in [0.2, 0.25) is 0 Å². The molecule has 0 aliphatic heterocycles. The molecule has 0 atom stereocenters. The van der Waals surface area contributed by atoms with Crippen LogP contribution in [0, 0.1) is 0 Å². The molecule has 0 aliphatic rings. The molecule has 104 valence electrons. The zero-order valence-electron chi connectivity index (χ0n) is 9.86. The summed E-state index contributed by atoms with van der Waals surface area (Å²) in [5.41, 5.74) is -1.13. The van der Waals surface area contributed by atoms with Gasteiger partial charge in [-0.15, -0.1) is 0 Å². The van der Waals surface area contributed by atoms with Gasteiger partial charge in [0, 0.05) is 11.8 Å². The first-order chi connectivity index (χ1) is 9.36. The Morgan fingerprint density at radius 3 is 2.25 bits per heavy atom. The molecule has 2 rings (SSSR count). The fourth-order valence-corrected chi connectivity index (χ4v) is 1.41. The lowest BCUT2D eigenvalue weighted by Crippen LogP contribution is -2.17. The molecule has 5 nitrogen and oxygen atoms in total. The number of anilines is 1. The molecule has 2 aromatic rings. The summed E-state index contributed by atoms with van der Waals surface area (Å²) in [6.07, 6.45) is -4.43. The largest absolute Gasteiger partial charge is 0.416 e. The van der Waals surface area contributed by atoms with E-state index in [2.05, 4.69) is 15.5 Å². The van der Waals surface area contributed by atoms with Gasteiger partial charge >= 0.3 is 6.18 Å². The molecule has 1 aromatic carbocycles. The lowest BCUT2D eigenvalue weighted by molar-refractivity contribution is -0.137. The van der Waals surface area contributed by atoms with E-state index < -0.39 is 23.2 Å². The smallest absolute Gasteiger partial charge is 0.321 e. The first-order valence-electron chi connectivity index (χ1n) is 5.40. The molecule has 1 heterocycles. The topological polar surface area (TPSA) is 74.8 Å². The van der Waals surface area contributed by atoms with Gasteiger partial charge in [0.05, 0.1) is 5.56 Å². The van der Waals surface area contributed by atoms with Crippen LogP contribution in [0.2, 0.25) is 0 Å². The molecule has 0 saturated carbocycles. The lowest BCUT2D eigenvalue weighted by atomic mass is 10.2. The lowest BCUT2D eigenvalue weighted by Gasteiger charge is -2.08. The monoisotopic (exact) mass is 283 g/mol. The molecular weight excluding hydrogens is 275 g/mol. The third-order valence-corrected chi connectivity index (χ3v) is 2.38. The molecule has 20 heavy (non-hydrogen) atoms. The van der Waals surface area contributed by atoms with Crippen molar-refractivity contribution in [3.8, 4) is 0 Å². The second-order valence-electron chi connectivity index (χ2n) is 3.84. The number of alkyl halides is 3. The Bertz CT molecular complexity index is 657. The molecule has 0 saturated heterocycles. The summed E-state index contributed by atoms with van der Waals surface area (Å²) >= 11 is 0. The van der Waals surface area contributed by atoms with Crippen molar-refractivity contribution in [1.82, 2.24) is 10.2 Å². The number of carbonyl (C=O) groups is 1. The van der Waals surface area contributed by atoms with Gasteiger partial charge in [-0.25, -0.2) is 5.10 Å². The Morgan fingerprint density at radius 2 is 1.75 bits per heavy atom. The minimum Gasteiger partial charge on any atom is -0.321 e. The first-order valence-corrected chi connectivity index (χ1v) is 5.40. The maximum atomic E-state index is 12.4. The van der Waals surface area contributed by atoms with Gasteiger partial charge in [-0.1, -0.05) is 0 Å². The van der Waals surface area contributed by atoms with E-state index >= 15 is 0 Å². The molecular formula is C12H8F3N3O2. The van der Waals surface area contributed by atoms with Gasteiger partial charge in [-0.3, -0.25) is 9.59 Å². The molecule has 0 radical (unpaired) electrons. The molecule has 0 aliphatic carbocycles. The number of benzene rings is 1. The number of aromatic amines is 1. The quantitative estimate of drug-likeness (QED) is 0.885. The average Bonchev–Trinajstić information content (AvgIpc) is 2.39. The van der Waals surface area contributed by atoms with Crippen LogP contribution in [0.1, 0.15) is 16.1 Å². The van der Waals surface area contributed by atoms with Gasteiger partial charge in [0.25, 0.3) is 11.5 Å². The number of halogens is 3. The standard InChI is InChI=1S/C12H8F3N3O2/c13-12(14,15)7-1-3-8(4-2-7)16-11(20)9-5-6-10(19)18-17-9/h1-6H,(H,16,20)(H,18,19). The third kappa shape index (κ3) is 3.22. The van der Waals surface area contributed by atoms with E-state index in [-0.39, 0.29) is 11.4 Å². The SMILES string of the molecule is O=C(Nc1ccc(C(F)(F)F)cc1)c1ccc(=O)[nH]n1. The Balaban J connectivity index is 2.12. The zero-order valence-corrected chi connectivity index (χ0v) is 9.86. The number of H-pyrrole nitrogens is 1. The average molecular weight is 283 g/mol. The molecule has 0 bridgehead atoms. The van der Waals surface area contributed by atoms with Crippen LogP contribution in [0.15, 0.2) is 41.2 Å². The van der Waals surface area contributed by atoms with Gasteiger partial charge in [0.1, 0.15) is 5.69 Å². The number of nitrogens with one attached hydrogen (secondary N) is 2. The van der Waals surface area contributed by atoms with E-state index in [4.69, 9.17) is 0 Å². The van der Waals surface area contributed by atoms with Gasteiger partial charge in [-0.2, -0.15) is 18.3 Å². The van der Waals surface area contributed by atoms with E-state index in [0.29, 0.717) is 0 Å². The van der Waals surface area contributed by atoms with Crippen molar-refractivity contribution in [2.45, 2.75) is 6.18 Å². The Hall–Kier alpha value is -2.64. The molecule has 1 aromatic heterocycles. The highest BCUT2D eigenvalue weighted by Gasteiger charge is 2.29. The molecule has 0 fully saturated rings. The van der Waals surface area contributed by atoms with E-state index in [1.807, 2.05) is 0 Å². The van der Waals surface area contributed by atoms with Crippen LogP contribution < -0.4 is 10.9 Å². The summed E-state index contributed by atoms with van der Waals surface area (Å²) in [5, 5.41) is 7.95. The van der Waals surface area contributed by atoms with Crippen molar-refractivity contribution in [2.24, 2.45) is 0 Å². The van der Waals surface area contributed by atoms with Crippen LogP contribution in [0.5, 0.6) is 0 Å². The van der Waals surface area contributed by atoms with Gasteiger partial charge < -0.3 is 5.32 Å². The van der Waals surface area contributed by atoms with Crippen LogP contribution in [0.25, 0.3) is 0 Å². The minimum atomic E-state index is -4.43. The Kier molecular flexibility index (Phi) is 3.55. The molecule has 2 N–H and O–H groups in total. The van der Waals surface area contributed by atoms with Crippen LogP contribution in [0.4, 0.5) is 18.9 Å². The normalized spacial score (nSPS) is 11.2. The maximum Gasteiger partial charge on any atom is 0.416 e. The highest BCUT2D eigenvalue weighted by molar-refractivity contribution is 6.02. The Morgan fingerprint density at radius 1 is 1.10 bits per heavy atom. The summed E-state index contributed by atoms with van der Waals surface area (Å²) in [4.78, 5) is 22.5. The number of hydrogen-bond donors (Lipinski definition) is 2. The van der Waals surface area contributed by atoms with Crippen molar-refractivity contribution in [1.29, 1.82) is 0 Å². The van der Waals surface area contributed by atoms with Crippen molar-refractivity contribution in [2.75, 3.05) is 5.32 Å². The van der Waals surface area contributed by atoms with Crippen LogP contribution in [-0.4, -0.2) is 16.1 Å². The van der Waals surface area contributed by atoms with Gasteiger partial charge in [0.15, 0.2) is 0 Å². The fraction of sp³-hybridized carbons (Fsp3) is 0.0833. The number of carbonyl (C=O) groups excluding carboxylic acids is 1. The molecule has 0 spiro atoms. The van der Waals surface area contributed by atoms with Crippen molar-refractivity contribution in [3.05, 3.63) is 58.0 Å². The minimum absolute atomic E-state index is 0.0514. The fourth-order valence-electron chi connectivity index (χ4n) is 1.41.